The topological polar surface area (TPSA) is 89.4 Å². The van der Waals surface area contributed by atoms with Crippen LogP contribution in [-0.4, -0.2) is 39.3 Å². The molecule has 2 atom stereocenters. The quantitative estimate of drug-likeness (QED) is 0.415. The van der Waals surface area contributed by atoms with Gasteiger partial charge in [-0.2, -0.15) is 0 Å². The first-order valence-electron chi connectivity index (χ1n) is 10.7. The summed E-state index contributed by atoms with van der Waals surface area (Å²) in [6.45, 7) is 0. The van der Waals surface area contributed by atoms with Crippen molar-refractivity contribution in [3.63, 3.8) is 0 Å². The van der Waals surface area contributed by atoms with Gasteiger partial charge in [0.25, 0.3) is 0 Å². The molecule has 0 aliphatic heterocycles. The molecule has 3 heterocycles. The first-order valence-corrected chi connectivity index (χ1v) is 11.5. The standard InChI is InChI=1S/C24H24N4O3S/c1-30-23-9-6-15(14-26-23)20-12-17(10-11-25-20)31-16-7-8-19-22(13-16)32-24(28-19)27-18-4-2-3-5-21(18)29/h6-14,18,21,29H,2-5H2,1H3,(H,27,28)/t18-,21-/m1/s1. The molecule has 1 saturated carbocycles. The molecule has 0 unspecified atom stereocenters. The van der Waals surface area contributed by atoms with Crippen LogP contribution in [0.15, 0.2) is 54.9 Å². The van der Waals surface area contributed by atoms with Gasteiger partial charge in [0.2, 0.25) is 5.88 Å². The number of pyridine rings is 2. The van der Waals surface area contributed by atoms with Crippen molar-refractivity contribution in [2.75, 3.05) is 12.4 Å². The predicted octanol–water partition coefficient (Wildman–Crippen LogP) is 5.27. The Morgan fingerprint density at radius 3 is 2.72 bits per heavy atom. The Morgan fingerprint density at radius 2 is 1.91 bits per heavy atom. The van der Waals surface area contributed by atoms with Gasteiger partial charge in [-0.25, -0.2) is 9.97 Å². The van der Waals surface area contributed by atoms with Crippen LogP contribution >= 0.6 is 11.3 Å². The minimum absolute atomic E-state index is 0.0720. The van der Waals surface area contributed by atoms with Crippen LogP contribution in [0.2, 0.25) is 0 Å². The molecular formula is C24H24N4O3S. The summed E-state index contributed by atoms with van der Waals surface area (Å²) in [6.07, 6.45) is 7.19. The number of nitrogens with one attached hydrogen (secondary N) is 1. The molecule has 7 nitrogen and oxygen atoms in total. The number of aliphatic hydroxyl groups is 1. The summed E-state index contributed by atoms with van der Waals surface area (Å²) in [5.41, 5.74) is 2.57. The fourth-order valence-corrected chi connectivity index (χ4v) is 4.85. The second kappa shape index (κ2) is 9.10. The Morgan fingerprint density at radius 1 is 1.03 bits per heavy atom. The van der Waals surface area contributed by atoms with Crippen molar-refractivity contribution in [1.82, 2.24) is 15.0 Å². The second-order valence-corrected chi connectivity index (χ2v) is 8.85. The molecule has 1 aromatic carbocycles. The van der Waals surface area contributed by atoms with Crippen LogP contribution in [0, 0.1) is 0 Å². The van der Waals surface area contributed by atoms with Gasteiger partial charge >= 0.3 is 0 Å². The van der Waals surface area contributed by atoms with E-state index in [1.165, 1.54) is 0 Å². The minimum Gasteiger partial charge on any atom is -0.481 e. The summed E-state index contributed by atoms with van der Waals surface area (Å²) >= 11 is 1.58. The number of fused-ring (bicyclic) bond motifs is 1. The maximum atomic E-state index is 10.2. The molecule has 1 fully saturated rings. The molecule has 3 aromatic heterocycles. The molecular weight excluding hydrogens is 424 g/mol. The van der Waals surface area contributed by atoms with Gasteiger partial charge in [0, 0.05) is 36.2 Å². The number of aliphatic hydroxyl groups excluding tert-OH is 1. The zero-order chi connectivity index (χ0) is 21.9. The molecule has 1 aliphatic carbocycles. The molecule has 0 bridgehead atoms. The molecule has 2 N–H and O–H groups in total. The van der Waals surface area contributed by atoms with Crippen molar-refractivity contribution in [2.45, 2.75) is 37.8 Å². The summed E-state index contributed by atoms with van der Waals surface area (Å²) in [6, 6.07) is 13.4. The van der Waals surface area contributed by atoms with Gasteiger partial charge in [-0.15, -0.1) is 0 Å². The molecule has 0 saturated heterocycles. The Kier molecular flexibility index (Phi) is 5.87. The lowest BCUT2D eigenvalue weighted by Crippen LogP contribution is -2.36. The van der Waals surface area contributed by atoms with Gasteiger partial charge in [-0.05, 0) is 37.1 Å². The first kappa shape index (κ1) is 20.7. The molecule has 4 aromatic rings. The van der Waals surface area contributed by atoms with Crippen LogP contribution < -0.4 is 14.8 Å². The van der Waals surface area contributed by atoms with Crippen LogP contribution in [0.25, 0.3) is 21.5 Å². The highest BCUT2D eigenvalue weighted by atomic mass is 32.1. The molecule has 5 rings (SSSR count). The maximum absolute atomic E-state index is 10.2. The van der Waals surface area contributed by atoms with E-state index in [-0.39, 0.29) is 12.1 Å². The third-order valence-corrected chi connectivity index (χ3v) is 6.56. The normalized spacial score (nSPS) is 18.4. The summed E-state index contributed by atoms with van der Waals surface area (Å²) in [5.74, 6) is 1.99. The van der Waals surface area contributed by atoms with Gasteiger partial charge in [0.15, 0.2) is 5.13 Å². The van der Waals surface area contributed by atoms with Crippen LogP contribution in [0.1, 0.15) is 25.7 Å². The van der Waals surface area contributed by atoms with E-state index in [4.69, 9.17) is 9.47 Å². The predicted molar refractivity (Wildman–Crippen MR) is 126 cm³/mol. The molecule has 0 amide bonds. The minimum atomic E-state index is -0.309. The Bertz CT molecular complexity index is 1210. The fraction of sp³-hybridized carbons (Fsp3) is 0.292. The third kappa shape index (κ3) is 4.51. The smallest absolute Gasteiger partial charge is 0.212 e. The highest BCUT2D eigenvalue weighted by Crippen LogP contribution is 2.33. The lowest BCUT2D eigenvalue weighted by atomic mass is 9.93. The van der Waals surface area contributed by atoms with E-state index in [0.29, 0.717) is 11.6 Å². The van der Waals surface area contributed by atoms with Gasteiger partial charge in [-0.3, -0.25) is 4.98 Å². The number of aromatic nitrogens is 3. The number of ether oxygens (including phenoxy) is 2. The summed E-state index contributed by atoms with van der Waals surface area (Å²) in [5, 5.41) is 14.5. The van der Waals surface area contributed by atoms with Gasteiger partial charge < -0.3 is 19.9 Å². The van der Waals surface area contributed by atoms with E-state index in [1.54, 1.807) is 36.9 Å². The zero-order valence-corrected chi connectivity index (χ0v) is 18.5. The number of hydrogen-bond acceptors (Lipinski definition) is 8. The van der Waals surface area contributed by atoms with Gasteiger partial charge in [-0.1, -0.05) is 24.2 Å². The number of hydrogen-bond donors (Lipinski definition) is 2. The molecule has 8 heteroatoms. The highest BCUT2D eigenvalue weighted by Gasteiger charge is 2.23. The van der Waals surface area contributed by atoms with Crippen molar-refractivity contribution >= 4 is 26.7 Å². The lowest BCUT2D eigenvalue weighted by molar-refractivity contribution is 0.116. The number of anilines is 1. The largest absolute Gasteiger partial charge is 0.481 e. The van der Waals surface area contributed by atoms with E-state index in [1.807, 2.05) is 36.4 Å². The molecule has 164 valence electrons. The number of methoxy groups -OCH3 is 1. The summed E-state index contributed by atoms with van der Waals surface area (Å²) in [7, 11) is 1.59. The number of thiazole rings is 1. The SMILES string of the molecule is COc1ccc(-c2cc(Oc3ccc4nc(N[C@@H]5CCCC[C@H]5O)sc4c3)ccn2)cn1. The van der Waals surface area contributed by atoms with E-state index in [0.717, 1.165) is 58.0 Å². The van der Waals surface area contributed by atoms with Crippen LogP contribution in [0.3, 0.4) is 0 Å². The van der Waals surface area contributed by atoms with E-state index >= 15 is 0 Å². The summed E-state index contributed by atoms with van der Waals surface area (Å²) in [4.78, 5) is 13.3. The molecule has 0 radical (unpaired) electrons. The average Bonchev–Trinajstić information content (AvgIpc) is 3.22. The molecule has 0 spiro atoms. The second-order valence-electron chi connectivity index (χ2n) is 7.82. The van der Waals surface area contributed by atoms with Crippen LogP contribution in [-0.2, 0) is 0 Å². The highest BCUT2D eigenvalue weighted by molar-refractivity contribution is 7.22. The fourth-order valence-electron chi connectivity index (χ4n) is 3.89. The average molecular weight is 449 g/mol. The van der Waals surface area contributed by atoms with E-state index < -0.39 is 0 Å². The van der Waals surface area contributed by atoms with Crippen molar-refractivity contribution < 1.29 is 14.6 Å². The number of rotatable bonds is 6. The van der Waals surface area contributed by atoms with Crippen molar-refractivity contribution in [1.29, 1.82) is 0 Å². The van der Waals surface area contributed by atoms with Gasteiger partial charge in [0.1, 0.15) is 11.5 Å². The number of benzene rings is 1. The van der Waals surface area contributed by atoms with E-state index in [9.17, 15) is 5.11 Å². The Hall–Kier alpha value is -3.23. The summed E-state index contributed by atoms with van der Waals surface area (Å²) < 4.78 is 12.2. The van der Waals surface area contributed by atoms with Crippen molar-refractivity contribution in [2.24, 2.45) is 0 Å². The molecule has 1 aliphatic rings. The Labute approximate surface area is 190 Å². The first-order chi connectivity index (χ1) is 15.7. The lowest BCUT2D eigenvalue weighted by Gasteiger charge is -2.27. The van der Waals surface area contributed by atoms with E-state index in [2.05, 4.69) is 20.3 Å². The molecule has 32 heavy (non-hydrogen) atoms. The van der Waals surface area contributed by atoms with Crippen LogP contribution in [0.4, 0.5) is 5.13 Å². The third-order valence-electron chi connectivity index (χ3n) is 5.61. The van der Waals surface area contributed by atoms with Crippen molar-refractivity contribution in [3.8, 4) is 28.6 Å². The Balaban J connectivity index is 1.32. The van der Waals surface area contributed by atoms with Gasteiger partial charge in [0.05, 0.1) is 35.2 Å². The van der Waals surface area contributed by atoms with Crippen molar-refractivity contribution in [3.05, 3.63) is 54.9 Å². The number of nitrogens with zero attached hydrogens (tertiary/aromatic N) is 3. The van der Waals surface area contributed by atoms with Crippen LogP contribution in [0.5, 0.6) is 17.4 Å². The monoisotopic (exact) mass is 448 g/mol. The maximum Gasteiger partial charge on any atom is 0.212 e. The zero-order valence-electron chi connectivity index (χ0n) is 17.7.